The highest BCUT2D eigenvalue weighted by molar-refractivity contribution is 7.91. The molecule has 0 amide bonds. The fraction of sp³-hybridized carbons (Fsp3) is 0.400. The van der Waals surface area contributed by atoms with E-state index in [2.05, 4.69) is 10.1 Å². The Labute approximate surface area is 155 Å². The van der Waals surface area contributed by atoms with E-state index in [1.807, 2.05) is 0 Å². The molecule has 2 N–H and O–H groups in total. The molecule has 1 heterocycles. The molecule has 0 spiro atoms. The van der Waals surface area contributed by atoms with Crippen LogP contribution in [0.2, 0.25) is 5.02 Å². The fourth-order valence-corrected chi connectivity index (χ4v) is 3.60. The fourth-order valence-electron chi connectivity index (χ4n) is 2.30. The Bertz CT molecular complexity index is 883. The van der Waals surface area contributed by atoms with Gasteiger partial charge in [-0.2, -0.15) is 9.78 Å². The van der Waals surface area contributed by atoms with Crippen molar-refractivity contribution in [2.75, 3.05) is 6.26 Å². The first-order valence-electron chi connectivity index (χ1n) is 7.33. The number of Topliss-reactive ketones (excluding diaryl/α,β-unsaturated/α-hetero) is 1. The number of aliphatic hydroxyl groups excluding tert-OH is 1. The van der Waals surface area contributed by atoms with Crippen molar-refractivity contribution in [2.24, 2.45) is 5.41 Å². The second-order valence-electron chi connectivity index (χ2n) is 6.24. The monoisotopic (exact) mass is 403 g/mol. The average molecular weight is 404 g/mol. The Balaban J connectivity index is 2.51. The quantitative estimate of drug-likeness (QED) is 0.641. The predicted octanol–water partition coefficient (Wildman–Crippen LogP) is 0.571. The number of sulfone groups is 1. The zero-order valence-electron chi connectivity index (χ0n) is 14.2. The van der Waals surface area contributed by atoms with Gasteiger partial charge in [0.05, 0.1) is 5.41 Å². The summed E-state index contributed by atoms with van der Waals surface area (Å²) in [6.45, 7) is 2.35. The molecule has 142 valence electrons. The van der Waals surface area contributed by atoms with Crippen molar-refractivity contribution in [2.45, 2.75) is 25.2 Å². The molecule has 2 rings (SSSR count). The number of hydrogen-bond donors (Lipinski definition) is 2. The number of carbonyl (C=O) groups excluding carboxylic acids is 1. The van der Waals surface area contributed by atoms with Gasteiger partial charge in [-0.15, -0.1) is 0 Å². The second-order valence-corrected chi connectivity index (χ2v) is 8.78. The van der Waals surface area contributed by atoms with Gasteiger partial charge in [0.1, 0.15) is 18.4 Å². The van der Waals surface area contributed by atoms with Crippen LogP contribution in [0.15, 0.2) is 36.9 Å². The number of carbonyl (C=O) groups is 1. The second kappa shape index (κ2) is 6.95. The molecule has 1 aromatic carbocycles. The van der Waals surface area contributed by atoms with Crippen LogP contribution in [-0.4, -0.2) is 50.9 Å². The van der Waals surface area contributed by atoms with E-state index >= 15 is 0 Å². The largest absolute Gasteiger partial charge is 0.437 e. The van der Waals surface area contributed by atoms with Crippen molar-refractivity contribution in [1.82, 2.24) is 14.8 Å². The highest BCUT2D eigenvalue weighted by atomic mass is 35.5. The molecule has 2 aromatic rings. The number of ketones is 1. The Morgan fingerprint density at radius 3 is 2.35 bits per heavy atom. The summed E-state index contributed by atoms with van der Waals surface area (Å²) in [5, 5.41) is 25.2. The summed E-state index contributed by atoms with van der Waals surface area (Å²) in [5.74, 6) is -3.83. The number of nitrogens with zero attached hydrogens (tertiary/aromatic N) is 3. The van der Waals surface area contributed by atoms with Gasteiger partial charge in [-0.1, -0.05) is 11.6 Å². The van der Waals surface area contributed by atoms with Crippen LogP contribution < -0.4 is 4.74 Å². The predicted molar refractivity (Wildman–Crippen MR) is 91.9 cm³/mol. The van der Waals surface area contributed by atoms with Crippen molar-refractivity contribution in [3.8, 4) is 5.75 Å². The Hall–Kier alpha value is -2.01. The van der Waals surface area contributed by atoms with Gasteiger partial charge in [0, 0.05) is 11.3 Å². The molecule has 26 heavy (non-hydrogen) atoms. The first kappa shape index (κ1) is 20.3. The zero-order valence-corrected chi connectivity index (χ0v) is 15.8. The number of rotatable bonds is 7. The van der Waals surface area contributed by atoms with Crippen molar-refractivity contribution in [3.63, 3.8) is 0 Å². The third kappa shape index (κ3) is 3.88. The van der Waals surface area contributed by atoms with Crippen LogP contribution >= 0.6 is 11.6 Å². The summed E-state index contributed by atoms with van der Waals surface area (Å²) in [6, 6.07) is 5.74. The molecular weight excluding hydrogens is 386 g/mol. The van der Waals surface area contributed by atoms with E-state index in [0.717, 1.165) is 23.6 Å². The highest BCUT2D eigenvalue weighted by Crippen LogP contribution is 2.34. The summed E-state index contributed by atoms with van der Waals surface area (Å²) >= 11 is 5.80. The summed E-state index contributed by atoms with van der Waals surface area (Å²) in [4.78, 5) is 16.7. The van der Waals surface area contributed by atoms with Gasteiger partial charge in [-0.25, -0.2) is 13.4 Å². The molecule has 11 heteroatoms. The van der Waals surface area contributed by atoms with Crippen molar-refractivity contribution >= 4 is 27.2 Å². The smallest absolute Gasteiger partial charge is 0.376 e. The molecule has 0 bridgehead atoms. The van der Waals surface area contributed by atoms with E-state index < -0.39 is 32.4 Å². The van der Waals surface area contributed by atoms with E-state index in [1.54, 1.807) is 0 Å². The van der Waals surface area contributed by atoms with E-state index in [1.165, 1.54) is 38.1 Å². The van der Waals surface area contributed by atoms with Crippen LogP contribution in [0, 0.1) is 5.41 Å². The topological polar surface area (TPSA) is 132 Å². The molecule has 9 nitrogen and oxygen atoms in total. The van der Waals surface area contributed by atoms with Crippen LogP contribution in [0.25, 0.3) is 0 Å². The third-order valence-corrected chi connectivity index (χ3v) is 5.36. The Kier molecular flexibility index (Phi) is 5.43. The van der Waals surface area contributed by atoms with Gasteiger partial charge in [0.2, 0.25) is 5.78 Å². The van der Waals surface area contributed by atoms with Gasteiger partial charge in [0.25, 0.3) is 0 Å². The molecule has 2 atom stereocenters. The first-order valence-corrected chi connectivity index (χ1v) is 9.66. The molecule has 0 aliphatic rings. The van der Waals surface area contributed by atoms with Crippen LogP contribution in [0.5, 0.6) is 5.75 Å². The number of aromatic nitrogens is 3. The highest BCUT2D eigenvalue weighted by Gasteiger charge is 2.54. The van der Waals surface area contributed by atoms with E-state index in [-0.39, 0.29) is 5.75 Å². The summed E-state index contributed by atoms with van der Waals surface area (Å²) in [6.07, 6.45) is 2.86. The Morgan fingerprint density at radius 1 is 1.31 bits per heavy atom. The first-order chi connectivity index (χ1) is 11.9. The van der Waals surface area contributed by atoms with E-state index in [9.17, 15) is 23.4 Å². The Morgan fingerprint density at radius 2 is 1.88 bits per heavy atom. The van der Waals surface area contributed by atoms with Gasteiger partial charge in [-0.3, -0.25) is 4.79 Å². The molecule has 0 fully saturated rings. The van der Waals surface area contributed by atoms with Gasteiger partial charge in [-0.05, 0) is 38.1 Å². The molecule has 0 aliphatic heterocycles. The van der Waals surface area contributed by atoms with Crippen LogP contribution in [0.3, 0.4) is 0 Å². The lowest BCUT2D eigenvalue weighted by Gasteiger charge is -2.35. The summed E-state index contributed by atoms with van der Waals surface area (Å²) in [7, 11) is -4.01. The van der Waals surface area contributed by atoms with Crippen molar-refractivity contribution in [3.05, 3.63) is 41.9 Å². The standard InChI is InChI=1S/C15H18ClN3O6S/c1-14(2,13(21)26(3,23)24)12(20)15(22,19-9-17-8-18-19)25-11-6-4-10(16)5-7-11/h4-9,13,21-22H,1-3H3. The maximum Gasteiger partial charge on any atom is 0.376 e. The minimum absolute atomic E-state index is 0.0606. The maximum atomic E-state index is 13.0. The minimum atomic E-state index is -4.01. The average Bonchev–Trinajstić information content (AvgIpc) is 3.09. The van der Waals surface area contributed by atoms with Crippen molar-refractivity contribution in [1.29, 1.82) is 0 Å². The molecule has 1 aromatic heterocycles. The van der Waals surface area contributed by atoms with E-state index in [0.29, 0.717) is 5.02 Å². The number of hydrogen-bond acceptors (Lipinski definition) is 8. The molecule has 0 aliphatic carbocycles. The number of halogens is 1. The SMILES string of the molecule is CC(C)(C(=O)C(O)(Oc1ccc(Cl)cc1)n1cncn1)C(O)S(C)(=O)=O. The number of ether oxygens (including phenoxy) is 1. The summed E-state index contributed by atoms with van der Waals surface area (Å²) in [5.41, 5.74) is -4.01. The molecule has 2 unspecified atom stereocenters. The lowest BCUT2D eigenvalue weighted by molar-refractivity contribution is -0.222. The molecule has 0 saturated heterocycles. The summed E-state index contributed by atoms with van der Waals surface area (Å²) < 4.78 is 29.6. The minimum Gasteiger partial charge on any atom is -0.437 e. The molecular formula is C15H18ClN3O6S. The van der Waals surface area contributed by atoms with Crippen LogP contribution in [0.4, 0.5) is 0 Å². The van der Waals surface area contributed by atoms with Gasteiger partial charge in [0.15, 0.2) is 15.3 Å². The van der Waals surface area contributed by atoms with Gasteiger partial charge < -0.3 is 14.9 Å². The lowest BCUT2D eigenvalue weighted by Crippen LogP contribution is -2.57. The normalized spacial score (nSPS) is 15.9. The van der Waals surface area contributed by atoms with Gasteiger partial charge >= 0.3 is 5.91 Å². The third-order valence-electron chi connectivity index (χ3n) is 3.71. The number of aliphatic hydroxyl groups is 2. The lowest BCUT2D eigenvalue weighted by atomic mass is 9.86. The maximum absolute atomic E-state index is 13.0. The molecule has 0 radical (unpaired) electrons. The van der Waals surface area contributed by atoms with Crippen LogP contribution in [-0.2, 0) is 20.5 Å². The van der Waals surface area contributed by atoms with E-state index in [4.69, 9.17) is 16.3 Å². The van der Waals surface area contributed by atoms with Crippen molar-refractivity contribution < 1.29 is 28.2 Å². The number of benzene rings is 1. The zero-order chi connectivity index (χ0) is 19.8. The van der Waals surface area contributed by atoms with Crippen LogP contribution in [0.1, 0.15) is 13.8 Å². The molecule has 0 saturated carbocycles.